The van der Waals surface area contributed by atoms with Gasteiger partial charge >= 0.3 is 5.97 Å². The normalized spacial score (nSPS) is 25.2. The zero-order valence-corrected chi connectivity index (χ0v) is 19.3. The van der Waals surface area contributed by atoms with Crippen LogP contribution < -0.4 is 5.01 Å². The first-order chi connectivity index (χ1) is 15.8. The molecule has 1 aliphatic carbocycles. The van der Waals surface area contributed by atoms with Crippen LogP contribution in [0, 0.1) is 23.3 Å². The highest BCUT2D eigenvalue weighted by atomic mass is 16.5. The lowest BCUT2D eigenvalue weighted by molar-refractivity contribution is -0.138. The van der Waals surface area contributed by atoms with Crippen LogP contribution in [0.25, 0.3) is 0 Å². The minimum absolute atomic E-state index is 0.143. The van der Waals surface area contributed by atoms with E-state index in [9.17, 15) is 9.59 Å². The molecule has 2 fully saturated rings. The topological polar surface area (TPSA) is 139 Å². The van der Waals surface area contributed by atoms with Gasteiger partial charge in [0.15, 0.2) is 5.82 Å². The molecule has 0 unspecified atom stereocenters. The number of carbonyl (C=O) groups excluding carboxylic acids is 2. The highest BCUT2D eigenvalue weighted by Gasteiger charge is 2.50. The van der Waals surface area contributed by atoms with Gasteiger partial charge in [0.25, 0.3) is 0 Å². The number of hydrogen-bond donors (Lipinski definition) is 2. The van der Waals surface area contributed by atoms with E-state index in [1.54, 1.807) is 11.8 Å². The lowest BCUT2D eigenvalue weighted by Crippen LogP contribution is -2.42. The molecule has 1 aromatic rings. The Kier molecular flexibility index (Phi) is 6.24. The van der Waals surface area contributed by atoms with Crippen LogP contribution in [0.3, 0.4) is 0 Å². The molecule has 176 valence electrons. The molecule has 0 atom stereocenters. The van der Waals surface area contributed by atoms with Gasteiger partial charge in [-0.25, -0.2) is 9.78 Å². The van der Waals surface area contributed by atoms with Gasteiger partial charge in [-0.2, -0.15) is 10.5 Å². The second-order valence-electron chi connectivity index (χ2n) is 9.12. The number of aryl methyl sites for hydroxylation is 1. The van der Waals surface area contributed by atoms with Crippen molar-refractivity contribution in [3.63, 3.8) is 0 Å². The zero-order chi connectivity index (χ0) is 23.8. The monoisotopic (exact) mass is 454 g/mol. The molecule has 3 heterocycles. The summed E-state index contributed by atoms with van der Waals surface area (Å²) in [5.41, 5.74) is 9.64. The smallest absolute Gasteiger partial charge is 0.336 e. The average Bonchev–Trinajstić information content (AvgIpc) is 3.30. The third-order valence-corrected chi connectivity index (χ3v) is 7.35. The molecule has 1 spiro atoms. The predicted molar refractivity (Wildman–Crippen MR) is 119 cm³/mol. The van der Waals surface area contributed by atoms with Crippen molar-refractivity contribution in [1.29, 1.82) is 10.9 Å². The number of anilines is 1. The van der Waals surface area contributed by atoms with Crippen LogP contribution >= 0.6 is 0 Å². The summed E-state index contributed by atoms with van der Waals surface area (Å²) >= 11 is 0. The highest BCUT2D eigenvalue weighted by molar-refractivity contribution is 5.94. The molecule has 11 heteroatoms. The lowest BCUT2D eigenvalue weighted by atomic mass is 9.71. The number of ether oxygens (including phenoxy) is 1. The number of nitrogens with zero attached hydrogens (tertiary/aromatic N) is 6. The van der Waals surface area contributed by atoms with E-state index >= 15 is 0 Å². The Morgan fingerprint density at radius 3 is 2.61 bits per heavy atom. The first kappa shape index (κ1) is 23.0. The molecule has 1 saturated heterocycles. The number of amides is 1. The van der Waals surface area contributed by atoms with E-state index < -0.39 is 0 Å². The van der Waals surface area contributed by atoms with E-state index in [4.69, 9.17) is 15.7 Å². The fourth-order valence-corrected chi connectivity index (χ4v) is 5.16. The van der Waals surface area contributed by atoms with E-state index in [0.717, 1.165) is 60.5 Å². The van der Waals surface area contributed by atoms with Crippen molar-refractivity contribution in [3.05, 3.63) is 28.9 Å². The first-order valence-corrected chi connectivity index (χ1v) is 11.2. The van der Waals surface area contributed by atoms with Gasteiger partial charge in [0.05, 0.1) is 34.3 Å². The number of esters is 1. The van der Waals surface area contributed by atoms with Gasteiger partial charge in [0, 0.05) is 19.1 Å². The van der Waals surface area contributed by atoms with Crippen molar-refractivity contribution in [1.82, 2.24) is 19.8 Å². The Morgan fingerprint density at radius 1 is 1.30 bits per heavy atom. The van der Waals surface area contributed by atoms with Crippen molar-refractivity contribution < 1.29 is 14.3 Å². The Balaban J connectivity index is 1.37. The number of cyclic esters (lactones) is 1. The first-order valence-electron chi connectivity index (χ1n) is 11.2. The van der Waals surface area contributed by atoms with Crippen LogP contribution in [0.2, 0.25) is 0 Å². The minimum Gasteiger partial charge on any atom is -0.456 e. The van der Waals surface area contributed by atoms with Crippen molar-refractivity contribution in [2.24, 2.45) is 10.6 Å². The van der Waals surface area contributed by atoms with Gasteiger partial charge in [-0.05, 0) is 53.0 Å². The summed E-state index contributed by atoms with van der Waals surface area (Å²) in [6.07, 6.45) is 6.78. The molecular weight excluding hydrogens is 424 g/mol. The van der Waals surface area contributed by atoms with Crippen molar-refractivity contribution in [2.45, 2.75) is 58.5 Å². The third-order valence-electron chi connectivity index (χ3n) is 7.35. The maximum absolute atomic E-state index is 13.3. The SMILES string of the molecule is CC1=C(N2CCC3(CCC(N(C)Cc4ncc(N(C=N)N=N)nc4C)CC3)C2=O)COC1=O. The fraction of sp³-hybridized carbons (Fsp3) is 0.591. The molecule has 1 amide bonds. The van der Waals surface area contributed by atoms with Crippen LogP contribution in [0.1, 0.15) is 50.4 Å². The minimum atomic E-state index is -0.330. The summed E-state index contributed by atoms with van der Waals surface area (Å²) in [7, 11) is 2.07. The molecule has 0 bridgehead atoms. The van der Waals surface area contributed by atoms with Crippen LogP contribution in [0.15, 0.2) is 22.7 Å². The molecule has 11 nitrogen and oxygen atoms in total. The van der Waals surface area contributed by atoms with Gasteiger partial charge in [0.2, 0.25) is 5.91 Å². The summed E-state index contributed by atoms with van der Waals surface area (Å²) in [5, 5.41) is 11.6. The Morgan fingerprint density at radius 2 is 2.03 bits per heavy atom. The third kappa shape index (κ3) is 4.12. The summed E-state index contributed by atoms with van der Waals surface area (Å²) in [6.45, 7) is 5.08. The second-order valence-corrected chi connectivity index (χ2v) is 9.12. The fourth-order valence-electron chi connectivity index (χ4n) is 5.16. The lowest BCUT2D eigenvalue weighted by Gasteiger charge is -2.39. The summed E-state index contributed by atoms with van der Waals surface area (Å²) < 4.78 is 5.11. The van der Waals surface area contributed by atoms with E-state index in [1.165, 1.54) is 6.20 Å². The molecule has 0 radical (unpaired) electrons. The molecule has 3 aliphatic rings. The number of aromatic nitrogens is 2. The quantitative estimate of drug-likeness (QED) is 0.212. The predicted octanol–water partition coefficient (Wildman–Crippen LogP) is 2.57. The van der Waals surface area contributed by atoms with Gasteiger partial charge in [-0.15, -0.1) is 0 Å². The molecular formula is C22H30N8O3. The second kappa shape index (κ2) is 8.97. The maximum atomic E-state index is 13.3. The number of rotatable bonds is 7. The molecule has 33 heavy (non-hydrogen) atoms. The Hall–Kier alpha value is -3.21. The number of hydrogen-bond acceptors (Lipinski definition) is 9. The van der Waals surface area contributed by atoms with Gasteiger partial charge in [-0.3, -0.25) is 20.1 Å². The number of carbonyl (C=O) groups is 2. The van der Waals surface area contributed by atoms with Crippen LogP contribution in [0.4, 0.5) is 5.82 Å². The van der Waals surface area contributed by atoms with E-state index in [2.05, 4.69) is 27.1 Å². The zero-order valence-electron chi connectivity index (χ0n) is 19.3. The van der Waals surface area contributed by atoms with Crippen molar-refractivity contribution >= 4 is 24.0 Å². The molecule has 1 saturated carbocycles. The van der Waals surface area contributed by atoms with Crippen LogP contribution in [-0.4, -0.2) is 64.2 Å². The number of likely N-dealkylation sites (tertiary alicyclic amines) is 1. The number of nitrogens with one attached hydrogen (secondary N) is 2. The standard InChI is InChI=1S/C22H30N8O3/c1-14-18(12-33-20(14)31)29-9-8-22(21(29)32)6-4-16(5-7-22)28(3)11-17-15(2)26-19(10-25-17)30(13-23)27-24/h10,13,16,23-24H,4-9,11-12H2,1-3H3. The Bertz CT molecular complexity index is 1010. The molecule has 1 aromatic heterocycles. The van der Waals surface area contributed by atoms with Crippen molar-refractivity contribution in [3.8, 4) is 0 Å². The molecule has 2 N–H and O–H groups in total. The molecule has 2 aliphatic heterocycles. The molecule has 4 rings (SSSR count). The van der Waals surface area contributed by atoms with Gasteiger partial charge < -0.3 is 9.64 Å². The maximum Gasteiger partial charge on any atom is 0.336 e. The van der Waals surface area contributed by atoms with Crippen LogP contribution in [-0.2, 0) is 20.9 Å². The van der Waals surface area contributed by atoms with Gasteiger partial charge in [-0.1, -0.05) is 5.22 Å². The largest absolute Gasteiger partial charge is 0.456 e. The van der Waals surface area contributed by atoms with Crippen LogP contribution in [0.5, 0.6) is 0 Å². The van der Waals surface area contributed by atoms with E-state index in [-0.39, 0.29) is 23.9 Å². The average molecular weight is 455 g/mol. The summed E-state index contributed by atoms with van der Waals surface area (Å²) in [5.74, 6) is 0.159. The Labute approximate surface area is 192 Å². The van der Waals surface area contributed by atoms with E-state index in [0.29, 0.717) is 30.5 Å². The molecule has 0 aromatic carbocycles. The van der Waals surface area contributed by atoms with E-state index in [1.807, 2.05) is 6.92 Å². The van der Waals surface area contributed by atoms with Gasteiger partial charge in [0.1, 0.15) is 12.9 Å². The summed E-state index contributed by atoms with van der Waals surface area (Å²) in [4.78, 5) is 38.0. The highest BCUT2D eigenvalue weighted by Crippen LogP contribution is 2.47. The summed E-state index contributed by atoms with van der Waals surface area (Å²) in [6, 6.07) is 0.344. The van der Waals surface area contributed by atoms with Crippen molar-refractivity contribution in [2.75, 3.05) is 25.2 Å².